The van der Waals surface area contributed by atoms with Gasteiger partial charge in [0.15, 0.2) is 0 Å². The quantitative estimate of drug-likeness (QED) is 0.816. The van der Waals surface area contributed by atoms with E-state index in [1.165, 1.54) is 0 Å². The molecule has 0 fully saturated rings. The molecule has 6 heteroatoms. The fraction of sp³-hybridized carbons (Fsp3) is 0.250. The Balaban J connectivity index is 1.65. The third-order valence-corrected chi connectivity index (χ3v) is 3.64. The molecule has 2 N–H and O–H groups in total. The molecule has 4 nitrogen and oxygen atoms in total. The van der Waals surface area contributed by atoms with Gasteiger partial charge in [-0.1, -0.05) is 35.3 Å². The summed E-state index contributed by atoms with van der Waals surface area (Å²) in [5, 5.41) is 7.12. The fourth-order valence-corrected chi connectivity index (χ4v) is 2.43. The van der Waals surface area contributed by atoms with Crippen LogP contribution in [0.25, 0.3) is 0 Å². The SMILES string of the molecule is O=C(CNCc1ccccn1)NCCc1ccc(Cl)cc1Cl. The minimum atomic E-state index is -0.0546. The third kappa shape index (κ3) is 5.64. The van der Waals surface area contributed by atoms with Crippen molar-refractivity contribution in [3.8, 4) is 0 Å². The first kappa shape index (κ1) is 16.7. The highest BCUT2D eigenvalue weighted by atomic mass is 35.5. The van der Waals surface area contributed by atoms with Crippen LogP contribution in [0, 0.1) is 0 Å². The second-order valence-electron chi connectivity index (χ2n) is 4.76. The van der Waals surface area contributed by atoms with E-state index in [0.717, 1.165) is 11.3 Å². The maximum absolute atomic E-state index is 11.7. The molecule has 0 aliphatic heterocycles. The highest BCUT2D eigenvalue weighted by molar-refractivity contribution is 6.35. The van der Waals surface area contributed by atoms with Gasteiger partial charge in [-0.3, -0.25) is 9.78 Å². The first-order valence-electron chi connectivity index (χ1n) is 6.96. The van der Waals surface area contributed by atoms with Crippen molar-refractivity contribution in [3.05, 3.63) is 63.9 Å². The topological polar surface area (TPSA) is 54.0 Å². The molecule has 1 aromatic carbocycles. The molecular weight excluding hydrogens is 321 g/mol. The second kappa shape index (κ2) is 8.73. The highest BCUT2D eigenvalue weighted by Gasteiger charge is 2.04. The molecule has 0 aliphatic rings. The molecule has 0 spiro atoms. The minimum Gasteiger partial charge on any atom is -0.355 e. The number of halogens is 2. The minimum absolute atomic E-state index is 0.0546. The van der Waals surface area contributed by atoms with Gasteiger partial charge in [0.25, 0.3) is 0 Å². The van der Waals surface area contributed by atoms with Crippen LogP contribution in [0.4, 0.5) is 0 Å². The summed E-state index contributed by atoms with van der Waals surface area (Å²) in [5.41, 5.74) is 1.87. The van der Waals surface area contributed by atoms with Gasteiger partial charge in [0.2, 0.25) is 5.91 Å². The van der Waals surface area contributed by atoms with Gasteiger partial charge in [-0.2, -0.15) is 0 Å². The Morgan fingerprint density at radius 3 is 2.77 bits per heavy atom. The molecule has 1 heterocycles. The zero-order valence-corrected chi connectivity index (χ0v) is 13.5. The summed E-state index contributed by atoms with van der Waals surface area (Å²) in [5.74, 6) is -0.0546. The Morgan fingerprint density at radius 1 is 1.18 bits per heavy atom. The Labute approximate surface area is 139 Å². The van der Waals surface area contributed by atoms with Crippen molar-refractivity contribution in [2.45, 2.75) is 13.0 Å². The first-order valence-corrected chi connectivity index (χ1v) is 7.72. The van der Waals surface area contributed by atoms with Gasteiger partial charge >= 0.3 is 0 Å². The van der Waals surface area contributed by atoms with Gasteiger partial charge in [0, 0.05) is 29.3 Å². The molecule has 2 aromatic rings. The van der Waals surface area contributed by atoms with Gasteiger partial charge in [-0.15, -0.1) is 0 Å². The zero-order chi connectivity index (χ0) is 15.8. The summed E-state index contributed by atoms with van der Waals surface area (Å²) in [6, 6.07) is 11.1. The van der Waals surface area contributed by atoms with Gasteiger partial charge in [0.05, 0.1) is 12.2 Å². The summed E-state index contributed by atoms with van der Waals surface area (Å²) in [4.78, 5) is 15.9. The van der Waals surface area contributed by atoms with Crippen molar-refractivity contribution in [3.63, 3.8) is 0 Å². The molecule has 0 saturated heterocycles. The van der Waals surface area contributed by atoms with E-state index in [1.807, 2.05) is 24.3 Å². The normalized spacial score (nSPS) is 10.5. The molecule has 22 heavy (non-hydrogen) atoms. The number of carbonyl (C=O) groups excluding carboxylic acids is 1. The van der Waals surface area contributed by atoms with Crippen LogP contribution in [0.1, 0.15) is 11.3 Å². The highest BCUT2D eigenvalue weighted by Crippen LogP contribution is 2.20. The number of nitrogens with zero attached hydrogens (tertiary/aromatic N) is 1. The monoisotopic (exact) mass is 337 g/mol. The van der Waals surface area contributed by atoms with Crippen LogP contribution < -0.4 is 10.6 Å². The van der Waals surface area contributed by atoms with E-state index in [0.29, 0.717) is 29.6 Å². The number of pyridine rings is 1. The van der Waals surface area contributed by atoms with Crippen LogP contribution in [0.15, 0.2) is 42.6 Å². The summed E-state index contributed by atoms with van der Waals surface area (Å²) in [6.45, 7) is 1.35. The van der Waals surface area contributed by atoms with Gasteiger partial charge in [-0.25, -0.2) is 0 Å². The predicted molar refractivity (Wildman–Crippen MR) is 89.1 cm³/mol. The van der Waals surface area contributed by atoms with Crippen LogP contribution in [0.5, 0.6) is 0 Å². The van der Waals surface area contributed by atoms with Crippen molar-refractivity contribution in [2.75, 3.05) is 13.1 Å². The first-order chi connectivity index (χ1) is 10.6. The summed E-state index contributed by atoms with van der Waals surface area (Å²) in [6.07, 6.45) is 2.40. The second-order valence-corrected chi connectivity index (χ2v) is 5.60. The molecule has 1 aromatic heterocycles. The van der Waals surface area contributed by atoms with Crippen molar-refractivity contribution >= 4 is 29.1 Å². The van der Waals surface area contributed by atoms with Gasteiger partial charge in [-0.05, 0) is 36.2 Å². The van der Waals surface area contributed by atoms with Crippen LogP contribution >= 0.6 is 23.2 Å². The molecule has 0 atom stereocenters. The van der Waals surface area contributed by atoms with Crippen LogP contribution in [-0.4, -0.2) is 24.0 Å². The number of benzene rings is 1. The zero-order valence-electron chi connectivity index (χ0n) is 12.0. The molecule has 1 amide bonds. The number of nitrogens with one attached hydrogen (secondary N) is 2. The maximum atomic E-state index is 11.7. The van der Waals surface area contributed by atoms with E-state index in [1.54, 1.807) is 18.3 Å². The average Bonchev–Trinajstić information content (AvgIpc) is 2.50. The molecular formula is C16H17Cl2N3O. The summed E-state index contributed by atoms with van der Waals surface area (Å²) >= 11 is 11.9. The molecule has 0 radical (unpaired) electrons. The number of amides is 1. The van der Waals surface area contributed by atoms with Crippen molar-refractivity contribution in [1.29, 1.82) is 0 Å². The lowest BCUT2D eigenvalue weighted by molar-refractivity contribution is -0.120. The lowest BCUT2D eigenvalue weighted by Crippen LogP contribution is -2.34. The lowest BCUT2D eigenvalue weighted by Gasteiger charge is -2.08. The lowest BCUT2D eigenvalue weighted by atomic mass is 10.1. The fourth-order valence-electron chi connectivity index (χ4n) is 1.93. The van der Waals surface area contributed by atoms with Crippen LogP contribution in [0.3, 0.4) is 0 Å². The van der Waals surface area contributed by atoms with Gasteiger partial charge in [0.1, 0.15) is 0 Å². The predicted octanol–water partition coefficient (Wildman–Crippen LogP) is 2.84. The molecule has 2 rings (SSSR count). The Morgan fingerprint density at radius 2 is 2.05 bits per heavy atom. The van der Waals surface area contributed by atoms with E-state index in [-0.39, 0.29) is 12.5 Å². The van der Waals surface area contributed by atoms with Gasteiger partial charge < -0.3 is 10.6 Å². The van der Waals surface area contributed by atoms with E-state index in [9.17, 15) is 4.79 Å². The maximum Gasteiger partial charge on any atom is 0.233 e. The molecule has 116 valence electrons. The Bertz CT molecular complexity index is 620. The number of aromatic nitrogens is 1. The molecule has 0 bridgehead atoms. The number of carbonyl (C=O) groups is 1. The largest absolute Gasteiger partial charge is 0.355 e. The average molecular weight is 338 g/mol. The molecule has 0 saturated carbocycles. The van der Waals surface area contributed by atoms with Crippen molar-refractivity contribution in [2.24, 2.45) is 0 Å². The number of hydrogen-bond acceptors (Lipinski definition) is 3. The van der Waals surface area contributed by atoms with Crippen molar-refractivity contribution in [1.82, 2.24) is 15.6 Å². The third-order valence-electron chi connectivity index (χ3n) is 3.05. The summed E-state index contributed by atoms with van der Waals surface area (Å²) < 4.78 is 0. The van der Waals surface area contributed by atoms with Crippen LogP contribution in [-0.2, 0) is 17.8 Å². The van der Waals surface area contributed by atoms with E-state index >= 15 is 0 Å². The van der Waals surface area contributed by atoms with Crippen LogP contribution in [0.2, 0.25) is 10.0 Å². The molecule has 0 aliphatic carbocycles. The summed E-state index contributed by atoms with van der Waals surface area (Å²) in [7, 11) is 0. The molecule has 0 unspecified atom stereocenters. The Kier molecular flexibility index (Phi) is 6.65. The Hall–Kier alpha value is -1.62. The standard InChI is InChI=1S/C16H17Cl2N3O/c17-13-5-4-12(15(18)9-13)6-8-21-16(22)11-19-10-14-3-1-2-7-20-14/h1-5,7,9,19H,6,8,10-11H2,(H,21,22). The van der Waals surface area contributed by atoms with E-state index in [2.05, 4.69) is 15.6 Å². The number of rotatable bonds is 7. The van der Waals surface area contributed by atoms with Crippen molar-refractivity contribution < 1.29 is 4.79 Å². The van der Waals surface area contributed by atoms with E-state index < -0.39 is 0 Å². The number of hydrogen-bond donors (Lipinski definition) is 2. The smallest absolute Gasteiger partial charge is 0.233 e. The van der Waals surface area contributed by atoms with E-state index in [4.69, 9.17) is 23.2 Å².